The fourth-order valence-electron chi connectivity index (χ4n) is 2.55. The van der Waals surface area contributed by atoms with Gasteiger partial charge in [-0.3, -0.25) is 4.79 Å². The molecule has 0 atom stereocenters. The smallest absolute Gasteiger partial charge is 0.262 e. The number of methoxy groups -OCH3 is 1. The molecule has 2 aromatic carbocycles. The van der Waals surface area contributed by atoms with Crippen molar-refractivity contribution >= 4 is 22.9 Å². The van der Waals surface area contributed by atoms with Crippen LogP contribution in [0.3, 0.4) is 0 Å². The maximum Gasteiger partial charge on any atom is 0.262 e. The monoisotopic (exact) mass is 331 g/mol. The van der Waals surface area contributed by atoms with Gasteiger partial charge in [0.1, 0.15) is 17.4 Å². The maximum absolute atomic E-state index is 12.3. The van der Waals surface area contributed by atoms with E-state index >= 15 is 0 Å². The largest absolute Gasteiger partial charge is 0.497 e. The first-order valence-corrected chi connectivity index (χ1v) is 7.80. The van der Waals surface area contributed by atoms with Crippen LogP contribution in [0.2, 0.25) is 0 Å². The zero-order valence-electron chi connectivity index (χ0n) is 13.7. The fourth-order valence-corrected chi connectivity index (χ4v) is 2.55. The summed E-state index contributed by atoms with van der Waals surface area (Å²) in [5.41, 5.74) is 2.71. The number of nitriles is 1. The zero-order valence-corrected chi connectivity index (χ0v) is 13.7. The number of nitrogens with zero attached hydrogens (tertiary/aromatic N) is 1. The van der Waals surface area contributed by atoms with Crippen molar-refractivity contribution in [1.29, 1.82) is 5.26 Å². The Morgan fingerprint density at radius 3 is 2.80 bits per heavy atom. The second-order valence-electron chi connectivity index (χ2n) is 5.49. The van der Waals surface area contributed by atoms with E-state index in [2.05, 4.69) is 10.3 Å². The van der Waals surface area contributed by atoms with Crippen molar-refractivity contribution in [2.24, 2.45) is 0 Å². The Morgan fingerprint density at radius 2 is 2.08 bits per heavy atom. The van der Waals surface area contributed by atoms with E-state index in [9.17, 15) is 10.1 Å². The van der Waals surface area contributed by atoms with E-state index < -0.39 is 5.91 Å². The molecule has 0 radical (unpaired) electrons. The summed E-state index contributed by atoms with van der Waals surface area (Å²) in [7, 11) is 1.60. The van der Waals surface area contributed by atoms with E-state index in [4.69, 9.17) is 4.74 Å². The van der Waals surface area contributed by atoms with E-state index in [1.54, 1.807) is 19.4 Å². The normalized spacial score (nSPS) is 11.1. The molecule has 0 unspecified atom stereocenters. The van der Waals surface area contributed by atoms with Crippen LogP contribution in [-0.4, -0.2) is 18.0 Å². The molecule has 5 heteroatoms. The van der Waals surface area contributed by atoms with E-state index in [0.29, 0.717) is 12.3 Å². The van der Waals surface area contributed by atoms with Crippen LogP contribution in [-0.2, 0) is 11.3 Å². The minimum Gasteiger partial charge on any atom is -0.497 e. The zero-order chi connectivity index (χ0) is 17.6. The minimum atomic E-state index is -0.399. The van der Waals surface area contributed by atoms with E-state index in [-0.39, 0.29) is 5.57 Å². The lowest BCUT2D eigenvalue weighted by Gasteiger charge is -2.04. The molecule has 3 aromatic rings. The molecular weight excluding hydrogens is 314 g/mol. The van der Waals surface area contributed by atoms with Gasteiger partial charge in [0.05, 0.1) is 7.11 Å². The average molecular weight is 331 g/mol. The number of ether oxygens (including phenoxy) is 1. The van der Waals surface area contributed by atoms with Crippen molar-refractivity contribution in [2.75, 3.05) is 7.11 Å². The Hall–Kier alpha value is -3.52. The SMILES string of the molecule is COc1ccc2[nH]cc(/C=C(\C#N)C(=O)NCc3ccccc3)c2c1. The molecule has 1 aromatic heterocycles. The highest BCUT2D eigenvalue weighted by Gasteiger charge is 2.11. The van der Waals surface area contributed by atoms with Gasteiger partial charge in [-0.1, -0.05) is 30.3 Å². The van der Waals surface area contributed by atoms with Crippen molar-refractivity contribution in [3.05, 3.63) is 71.4 Å². The molecule has 0 aliphatic carbocycles. The number of H-pyrrole nitrogens is 1. The standard InChI is InChI=1S/C20H17N3O2/c1-25-17-7-8-19-18(10-17)16(13-22-19)9-15(11-21)20(24)23-12-14-5-3-2-4-6-14/h2-10,13,22H,12H2,1H3,(H,23,24)/b15-9+. The van der Waals surface area contributed by atoms with E-state index in [1.807, 2.05) is 54.6 Å². The van der Waals surface area contributed by atoms with Gasteiger partial charge in [0.25, 0.3) is 5.91 Å². The summed E-state index contributed by atoms with van der Waals surface area (Å²) in [6.07, 6.45) is 3.35. The molecule has 0 bridgehead atoms. The summed E-state index contributed by atoms with van der Waals surface area (Å²) in [5.74, 6) is 0.317. The fraction of sp³-hybridized carbons (Fsp3) is 0.100. The number of hydrogen-bond donors (Lipinski definition) is 2. The van der Waals surface area contributed by atoms with Crippen molar-refractivity contribution in [1.82, 2.24) is 10.3 Å². The van der Waals surface area contributed by atoms with Gasteiger partial charge in [0.2, 0.25) is 0 Å². The molecule has 2 N–H and O–H groups in total. The Morgan fingerprint density at radius 1 is 1.28 bits per heavy atom. The van der Waals surface area contributed by atoms with E-state index in [0.717, 1.165) is 22.0 Å². The molecule has 124 valence electrons. The first-order valence-electron chi connectivity index (χ1n) is 7.80. The molecule has 0 saturated heterocycles. The van der Waals surface area contributed by atoms with Crippen molar-refractivity contribution in [3.8, 4) is 11.8 Å². The Balaban J connectivity index is 1.82. The molecular formula is C20H17N3O2. The number of carbonyl (C=O) groups is 1. The van der Waals surface area contributed by atoms with E-state index in [1.165, 1.54) is 0 Å². The van der Waals surface area contributed by atoms with Crippen LogP contribution in [0.5, 0.6) is 5.75 Å². The summed E-state index contributed by atoms with van der Waals surface area (Å²) in [6.45, 7) is 0.375. The lowest BCUT2D eigenvalue weighted by Crippen LogP contribution is -2.23. The molecule has 0 spiro atoms. The molecule has 25 heavy (non-hydrogen) atoms. The number of amides is 1. The Kier molecular flexibility index (Phi) is 4.82. The van der Waals surface area contributed by atoms with Gasteiger partial charge in [0, 0.05) is 29.2 Å². The molecule has 5 nitrogen and oxygen atoms in total. The lowest BCUT2D eigenvalue weighted by atomic mass is 10.1. The third kappa shape index (κ3) is 3.70. The number of nitrogens with one attached hydrogen (secondary N) is 2. The molecule has 0 aliphatic heterocycles. The van der Waals surface area contributed by atoms with Crippen LogP contribution in [0.4, 0.5) is 0 Å². The van der Waals surface area contributed by atoms with Crippen molar-refractivity contribution < 1.29 is 9.53 Å². The predicted molar refractivity (Wildman–Crippen MR) is 96.7 cm³/mol. The highest BCUT2D eigenvalue weighted by molar-refractivity contribution is 6.04. The number of aromatic amines is 1. The Bertz CT molecular complexity index is 966. The van der Waals surface area contributed by atoms with Crippen LogP contribution in [0.25, 0.3) is 17.0 Å². The van der Waals surface area contributed by atoms with Crippen LogP contribution in [0.15, 0.2) is 60.3 Å². The topological polar surface area (TPSA) is 77.9 Å². The van der Waals surface area contributed by atoms with Gasteiger partial charge in [-0.05, 0) is 29.8 Å². The second kappa shape index (κ2) is 7.37. The number of benzene rings is 2. The summed E-state index contributed by atoms with van der Waals surface area (Å²) in [5, 5.41) is 13.0. The molecule has 0 fully saturated rings. The van der Waals surface area contributed by atoms with Gasteiger partial charge >= 0.3 is 0 Å². The summed E-state index contributed by atoms with van der Waals surface area (Å²) in [6, 6.07) is 17.2. The second-order valence-corrected chi connectivity index (χ2v) is 5.49. The van der Waals surface area contributed by atoms with Crippen molar-refractivity contribution in [2.45, 2.75) is 6.54 Å². The van der Waals surface area contributed by atoms with Gasteiger partial charge in [-0.2, -0.15) is 5.26 Å². The average Bonchev–Trinajstić information content (AvgIpc) is 3.06. The van der Waals surface area contributed by atoms with Crippen molar-refractivity contribution in [3.63, 3.8) is 0 Å². The number of aromatic nitrogens is 1. The summed E-state index contributed by atoms with van der Waals surface area (Å²) < 4.78 is 5.23. The third-order valence-corrected chi connectivity index (χ3v) is 3.88. The predicted octanol–water partition coefficient (Wildman–Crippen LogP) is 3.40. The minimum absolute atomic E-state index is 0.0552. The lowest BCUT2D eigenvalue weighted by molar-refractivity contribution is -0.117. The van der Waals surface area contributed by atoms with Gasteiger partial charge in [-0.15, -0.1) is 0 Å². The van der Waals surface area contributed by atoms with Crippen LogP contribution in [0, 0.1) is 11.3 Å². The highest BCUT2D eigenvalue weighted by Crippen LogP contribution is 2.25. The van der Waals surface area contributed by atoms with Crippen LogP contribution < -0.4 is 10.1 Å². The molecule has 1 amide bonds. The molecule has 0 aliphatic rings. The van der Waals surface area contributed by atoms with Gasteiger partial charge < -0.3 is 15.0 Å². The number of hydrogen-bond acceptors (Lipinski definition) is 3. The van der Waals surface area contributed by atoms with Crippen LogP contribution in [0.1, 0.15) is 11.1 Å². The first-order chi connectivity index (χ1) is 12.2. The quantitative estimate of drug-likeness (QED) is 0.555. The number of rotatable bonds is 5. The number of fused-ring (bicyclic) bond motifs is 1. The number of carbonyl (C=O) groups excluding carboxylic acids is 1. The van der Waals surface area contributed by atoms with Crippen LogP contribution >= 0.6 is 0 Å². The summed E-state index contributed by atoms with van der Waals surface area (Å²) in [4.78, 5) is 15.4. The maximum atomic E-state index is 12.3. The Labute approximate surface area is 145 Å². The van der Waals surface area contributed by atoms with Gasteiger partial charge in [-0.25, -0.2) is 0 Å². The van der Waals surface area contributed by atoms with Gasteiger partial charge in [0.15, 0.2) is 0 Å². The molecule has 3 rings (SSSR count). The molecule has 0 saturated carbocycles. The third-order valence-electron chi connectivity index (χ3n) is 3.88. The summed E-state index contributed by atoms with van der Waals surface area (Å²) >= 11 is 0. The molecule has 1 heterocycles. The first kappa shape index (κ1) is 16.3. The highest BCUT2D eigenvalue weighted by atomic mass is 16.5.